The van der Waals surface area contributed by atoms with Crippen LogP contribution >= 0.6 is 23.2 Å². The van der Waals surface area contributed by atoms with Crippen molar-refractivity contribution in [2.75, 3.05) is 11.9 Å². The van der Waals surface area contributed by atoms with Crippen LogP contribution in [0.25, 0.3) is 11.8 Å². The van der Waals surface area contributed by atoms with Gasteiger partial charge in [0.2, 0.25) is 0 Å². The summed E-state index contributed by atoms with van der Waals surface area (Å²) in [5, 5.41) is 13.3. The monoisotopic (exact) mass is 453 g/mol. The summed E-state index contributed by atoms with van der Waals surface area (Å²) in [6.45, 7) is 6.27. The molecule has 5 nitrogen and oxygen atoms in total. The highest BCUT2D eigenvalue weighted by molar-refractivity contribution is 6.42. The van der Waals surface area contributed by atoms with Crippen LogP contribution in [0.2, 0.25) is 10.0 Å². The molecule has 1 amide bonds. The third kappa shape index (κ3) is 5.11. The molecule has 3 rings (SSSR count). The zero-order chi connectivity index (χ0) is 22.5. The maximum absolute atomic E-state index is 12.7. The van der Waals surface area contributed by atoms with Gasteiger partial charge in [-0.25, -0.2) is 0 Å². The summed E-state index contributed by atoms with van der Waals surface area (Å²) in [6.07, 6.45) is 1.58. The minimum Gasteiger partial charge on any atom is -0.494 e. The minimum atomic E-state index is -0.490. The predicted molar refractivity (Wildman–Crippen MR) is 125 cm³/mol. The first-order chi connectivity index (χ1) is 14.8. The van der Waals surface area contributed by atoms with E-state index in [2.05, 4.69) is 5.32 Å². The van der Waals surface area contributed by atoms with Crippen molar-refractivity contribution in [3.63, 3.8) is 0 Å². The topological polar surface area (TPSA) is 67.0 Å². The lowest BCUT2D eigenvalue weighted by atomic mass is 10.1. The summed E-state index contributed by atoms with van der Waals surface area (Å²) in [5.74, 6) is 0.156. The Kier molecular flexibility index (Phi) is 7.06. The molecule has 0 saturated carbocycles. The smallest absolute Gasteiger partial charge is 0.266 e. The van der Waals surface area contributed by atoms with Gasteiger partial charge in [-0.15, -0.1) is 0 Å². The minimum absolute atomic E-state index is 0.00352. The molecule has 31 heavy (non-hydrogen) atoms. The number of aromatic nitrogens is 1. The summed E-state index contributed by atoms with van der Waals surface area (Å²) in [5.41, 5.74) is 3.96. The largest absolute Gasteiger partial charge is 0.494 e. The lowest BCUT2D eigenvalue weighted by Crippen LogP contribution is -2.13. The number of nitriles is 1. The molecule has 0 aliphatic carbocycles. The van der Waals surface area contributed by atoms with Gasteiger partial charge in [-0.1, -0.05) is 29.3 Å². The van der Waals surface area contributed by atoms with E-state index in [0.29, 0.717) is 28.1 Å². The number of nitrogens with one attached hydrogen (secondary N) is 1. The van der Waals surface area contributed by atoms with Gasteiger partial charge in [-0.05, 0) is 68.8 Å². The SMILES string of the molecule is CCOc1cccc(NC(=O)C(C#N)=Cc2cc(C)n(-c3ccc(Cl)c(Cl)c3)c2C)c1. The molecule has 0 aliphatic rings. The zero-order valence-corrected chi connectivity index (χ0v) is 18.9. The van der Waals surface area contributed by atoms with Crippen LogP contribution in [-0.4, -0.2) is 17.1 Å². The molecule has 158 valence electrons. The number of carbonyl (C=O) groups is 1. The molecule has 0 fully saturated rings. The van der Waals surface area contributed by atoms with Crippen LogP contribution in [-0.2, 0) is 4.79 Å². The first-order valence-electron chi connectivity index (χ1n) is 9.64. The van der Waals surface area contributed by atoms with E-state index in [-0.39, 0.29) is 5.57 Å². The van der Waals surface area contributed by atoms with Crippen LogP contribution in [0.4, 0.5) is 5.69 Å². The second-order valence-electron chi connectivity index (χ2n) is 6.85. The van der Waals surface area contributed by atoms with Gasteiger partial charge in [0.05, 0.1) is 16.7 Å². The molecule has 0 saturated heterocycles. The van der Waals surface area contributed by atoms with Crippen molar-refractivity contribution in [3.8, 4) is 17.5 Å². The highest BCUT2D eigenvalue weighted by Crippen LogP contribution is 2.28. The van der Waals surface area contributed by atoms with Gasteiger partial charge in [0, 0.05) is 28.8 Å². The van der Waals surface area contributed by atoms with Crippen molar-refractivity contribution < 1.29 is 9.53 Å². The molecule has 0 atom stereocenters. The standard InChI is InChI=1S/C24H21Cl2N3O2/c1-4-31-21-7-5-6-19(12-21)28-24(30)18(14-27)11-17-10-15(2)29(16(17)3)20-8-9-22(25)23(26)13-20/h5-13H,4H2,1-3H3,(H,28,30). The Labute approximate surface area is 191 Å². The zero-order valence-electron chi connectivity index (χ0n) is 17.4. The van der Waals surface area contributed by atoms with Crippen LogP contribution < -0.4 is 10.1 Å². The van der Waals surface area contributed by atoms with Crippen molar-refractivity contribution in [3.05, 3.63) is 81.1 Å². The number of halogens is 2. The maximum atomic E-state index is 12.7. The molecule has 7 heteroatoms. The molecular formula is C24H21Cl2N3O2. The molecule has 1 heterocycles. The fourth-order valence-corrected chi connectivity index (χ4v) is 3.58. The van der Waals surface area contributed by atoms with Crippen LogP contribution in [0.1, 0.15) is 23.9 Å². The number of hydrogen-bond acceptors (Lipinski definition) is 3. The maximum Gasteiger partial charge on any atom is 0.266 e. The van der Waals surface area contributed by atoms with Gasteiger partial charge in [0.15, 0.2) is 0 Å². The summed E-state index contributed by atoms with van der Waals surface area (Å²) < 4.78 is 7.44. The molecule has 3 aromatic rings. The third-order valence-electron chi connectivity index (χ3n) is 4.70. The number of anilines is 1. The number of benzene rings is 2. The molecule has 0 aliphatic heterocycles. The van der Waals surface area contributed by atoms with Crippen molar-refractivity contribution in [1.82, 2.24) is 4.57 Å². The Hall–Kier alpha value is -3.20. The molecule has 0 bridgehead atoms. The number of rotatable bonds is 6. The van der Waals surface area contributed by atoms with E-state index in [4.69, 9.17) is 27.9 Å². The van der Waals surface area contributed by atoms with E-state index in [1.807, 2.05) is 43.5 Å². The Morgan fingerprint density at radius 3 is 2.61 bits per heavy atom. The Balaban J connectivity index is 1.90. The van der Waals surface area contributed by atoms with E-state index >= 15 is 0 Å². The van der Waals surface area contributed by atoms with Crippen LogP contribution in [0.15, 0.2) is 54.1 Å². The molecule has 0 spiro atoms. The summed E-state index contributed by atoms with van der Waals surface area (Å²) in [7, 11) is 0. The fraction of sp³-hybridized carbons (Fsp3) is 0.167. The van der Waals surface area contributed by atoms with Crippen LogP contribution in [0.5, 0.6) is 5.75 Å². The van der Waals surface area contributed by atoms with Gasteiger partial charge in [-0.3, -0.25) is 4.79 Å². The lowest BCUT2D eigenvalue weighted by molar-refractivity contribution is -0.112. The number of carbonyl (C=O) groups excluding carboxylic acids is 1. The average molecular weight is 454 g/mol. The van der Waals surface area contributed by atoms with E-state index in [0.717, 1.165) is 22.6 Å². The van der Waals surface area contributed by atoms with Gasteiger partial charge in [0.1, 0.15) is 17.4 Å². The highest BCUT2D eigenvalue weighted by Gasteiger charge is 2.15. The van der Waals surface area contributed by atoms with Crippen molar-refractivity contribution in [2.24, 2.45) is 0 Å². The molecule has 1 aromatic heterocycles. The first-order valence-corrected chi connectivity index (χ1v) is 10.4. The Morgan fingerprint density at radius 1 is 1.16 bits per heavy atom. The highest BCUT2D eigenvalue weighted by atomic mass is 35.5. The van der Waals surface area contributed by atoms with Crippen molar-refractivity contribution in [1.29, 1.82) is 5.26 Å². The second kappa shape index (κ2) is 9.74. The molecular weight excluding hydrogens is 433 g/mol. The first kappa shape index (κ1) is 22.5. The van der Waals surface area contributed by atoms with Gasteiger partial charge >= 0.3 is 0 Å². The van der Waals surface area contributed by atoms with Gasteiger partial charge in [-0.2, -0.15) is 5.26 Å². The van der Waals surface area contributed by atoms with E-state index in [1.54, 1.807) is 42.5 Å². The van der Waals surface area contributed by atoms with Crippen molar-refractivity contribution in [2.45, 2.75) is 20.8 Å². The number of nitrogens with zero attached hydrogens (tertiary/aromatic N) is 2. The summed E-state index contributed by atoms with van der Waals surface area (Å²) in [4.78, 5) is 12.7. The third-order valence-corrected chi connectivity index (χ3v) is 5.44. The predicted octanol–water partition coefficient (Wildman–Crippen LogP) is 6.35. The van der Waals surface area contributed by atoms with Gasteiger partial charge in [0.25, 0.3) is 5.91 Å². The Morgan fingerprint density at radius 2 is 1.94 bits per heavy atom. The Bertz CT molecular complexity index is 1210. The normalized spacial score (nSPS) is 11.2. The second-order valence-corrected chi connectivity index (χ2v) is 7.66. The van der Waals surface area contributed by atoms with Gasteiger partial charge < -0.3 is 14.6 Å². The summed E-state index contributed by atoms with van der Waals surface area (Å²) >= 11 is 12.2. The summed E-state index contributed by atoms with van der Waals surface area (Å²) in [6, 6.07) is 16.3. The number of amides is 1. The number of hydrogen-bond donors (Lipinski definition) is 1. The average Bonchev–Trinajstić information content (AvgIpc) is 3.01. The molecule has 1 N–H and O–H groups in total. The number of aryl methyl sites for hydroxylation is 1. The van der Waals surface area contributed by atoms with Crippen LogP contribution in [0.3, 0.4) is 0 Å². The van der Waals surface area contributed by atoms with E-state index in [9.17, 15) is 10.1 Å². The van der Waals surface area contributed by atoms with E-state index < -0.39 is 5.91 Å². The molecule has 2 aromatic carbocycles. The molecule has 0 unspecified atom stereocenters. The van der Waals surface area contributed by atoms with Crippen molar-refractivity contribution >= 4 is 40.9 Å². The lowest BCUT2D eigenvalue weighted by Gasteiger charge is -2.11. The molecule has 0 radical (unpaired) electrons. The fourth-order valence-electron chi connectivity index (χ4n) is 3.29. The number of ether oxygens (including phenoxy) is 1. The van der Waals surface area contributed by atoms with Crippen LogP contribution in [0, 0.1) is 25.2 Å². The van der Waals surface area contributed by atoms with E-state index in [1.165, 1.54) is 0 Å². The quantitative estimate of drug-likeness (QED) is 0.349.